The van der Waals surface area contributed by atoms with Gasteiger partial charge in [0.25, 0.3) is 0 Å². The first-order valence-corrected chi connectivity index (χ1v) is 12.3. The van der Waals surface area contributed by atoms with Gasteiger partial charge in [-0.1, -0.05) is 32.9 Å². The summed E-state index contributed by atoms with van der Waals surface area (Å²) in [5.74, 6) is -0.607. The fourth-order valence-electron chi connectivity index (χ4n) is 4.54. The Labute approximate surface area is 207 Å². The van der Waals surface area contributed by atoms with Gasteiger partial charge < -0.3 is 15.4 Å². The SMILES string of the molecule is CC(=O)N[C@@H](Cc1cc(F)cc(F)c1)[C@H](S)CNC1(C)CCOc2ccc(CC(C)(C)C)cc21. The monoisotopic (exact) mass is 490 g/mol. The predicted molar refractivity (Wildman–Crippen MR) is 136 cm³/mol. The number of nitrogens with one attached hydrogen (secondary N) is 2. The van der Waals surface area contributed by atoms with Gasteiger partial charge in [0, 0.05) is 48.3 Å². The summed E-state index contributed by atoms with van der Waals surface area (Å²) in [6.45, 7) is 11.3. The van der Waals surface area contributed by atoms with E-state index >= 15 is 0 Å². The number of hydrogen-bond donors (Lipinski definition) is 3. The van der Waals surface area contributed by atoms with Crippen LogP contribution < -0.4 is 15.4 Å². The zero-order valence-electron chi connectivity index (χ0n) is 20.7. The van der Waals surface area contributed by atoms with Crippen LogP contribution in [0, 0.1) is 17.0 Å². The van der Waals surface area contributed by atoms with E-state index in [2.05, 4.69) is 50.5 Å². The number of halogens is 2. The van der Waals surface area contributed by atoms with Gasteiger partial charge in [0.2, 0.25) is 5.91 Å². The minimum atomic E-state index is -0.636. The van der Waals surface area contributed by atoms with E-state index in [1.54, 1.807) is 0 Å². The molecule has 4 nitrogen and oxygen atoms in total. The molecule has 7 heteroatoms. The molecule has 1 heterocycles. The van der Waals surface area contributed by atoms with E-state index in [9.17, 15) is 13.6 Å². The van der Waals surface area contributed by atoms with Crippen LogP contribution in [0.25, 0.3) is 0 Å². The number of rotatable bonds is 8. The topological polar surface area (TPSA) is 50.4 Å². The van der Waals surface area contributed by atoms with Crippen molar-refractivity contribution in [2.75, 3.05) is 13.2 Å². The smallest absolute Gasteiger partial charge is 0.217 e. The van der Waals surface area contributed by atoms with Gasteiger partial charge in [-0.3, -0.25) is 4.79 Å². The molecule has 0 fully saturated rings. The molecule has 1 aliphatic rings. The molecule has 0 bridgehead atoms. The lowest BCUT2D eigenvalue weighted by molar-refractivity contribution is -0.119. The highest BCUT2D eigenvalue weighted by Gasteiger charge is 2.34. The number of thiol groups is 1. The average Bonchev–Trinajstić information content (AvgIpc) is 2.70. The number of benzene rings is 2. The van der Waals surface area contributed by atoms with Gasteiger partial charge in [0.05, 0.1) is 6.61 Å². The molecule has 0 saturated heterocycles. The molecule has 1 unspecified atom stereocenters. The molecule has 34 heavy (non-hydrogen) atoms. The summed E-state index contributed by atoms with van der Waals surface area (Å²) in [6, 6.07) is 9.42. The third-order valence-electron chi connectivity index (χ3n) is 6.16. The average molecular weight is 491 g/mol. The van der Waals surface area contributed by atoms with Crippen LogP contribution >= 0.6 is 12.6 Å². The van der Waals surface area contributed by atoms with Crippen molar-refractivity contribution in [3.8, 4) is 5.75 Å². The fraction of sp³-hybridized carbons (Fsp3) is 0.519. The van der Waals surface area contributed by atoms with Gasteiger partial charge in [-0.15, -0.1) is 0 Å². The van der Waals surface area contributed by atoms with Crippen LogP contribution in [0.4, 0.5) is 8.78 Å². The molecular weight excluding hydrogens is 454 g/mol. The van der Waals surface area contributed by atoms with Crippen LogP contribution in [-0.4, -0.2) is 30.4 Å². The third kappa shape index (κ3) is 7.19. The van der Waals surface area contributed by atoms with Gasteiger partial charge in [0.15, 0.2) is 0 Å². The van der Waals surface area contributed by atoms with E-state index in [0.717, 1.165) is 30.2 Å². The summed E-state index contributed by atoms with van der Waals surface area (Å²) >= 11 is 4.77. The Morgan fingerprint density at radius 1 is 1.15 bits per heavy atom. The van der Waals surface area contributed by atoms with Crippen LogP contribution in [0.2, 0.25) is 0 Å². The highest BCUT2D eigenvalue weighted by atomic mass is 32.1. The van der Waals surface area contributed by atoms with Crippen molar-refractivity contribution in [1.82, 2.24) is 10.6 Å². The van der Waals surface area contributed by atoms with E-state index in [1.807, 2.05) is 6.07 Å². The van der Waals surface area contributed by atoms with E-state index < -0.39 is 17.7 Å². The molecular formula is C27H36F2N2O2S. The molecule has 0 aliphatic carbocycles. The molecule has 2 N–H and O–H groups in total. The molecule has 1 amide bonds. The predicted octanol–water partition coefficient (Wildman–Crippen LogP) is 5.19. The summed E-state index contributed by atoms with van der Waals surface area (Å²) in [4.78, 5) is 11.8. The van der Waals surface area contributed by atoms with Crippen molar-refractivity contribution in [3.63, 3.8) is 0 Å². The molecule has 3 atom stereocenters. The maximum absolute atomic E-state index is 13.7. The largest absolute Gasteiger partial charge is 0.493 e. The molecule has 2 aromatic carbocycles. The van der Waals surface area contributed by atoms with Crippen molar-refractivity contribution in [1.29, 1.82) is 0 Å². The Balaban J connectivity index is 1.76. The second-order valence-electron chi connectivity index (χ2n) is 10.7. The van der Waals surface area contributed by atoms with Crippen LogP contribution in [0.3, 0.4) is 0 Å². The Morgan fingerprint density at radius 2 is 1.82 bits per heavy atom. The minimum Gasteiger partial charge on any atom is -0.493 e. The van der Waals surface area contributed by atoms with Gasteiger partial charge in [-0.05, 0) is 54.5 Å². The number of fused-ring (bicyclic) bond motifs is 1. The van der Waals surface area contributed by atoms with Gasteiger partial charge in [-0.25, -0.2) is 8.78 Å². The fourth-order valence-corrected chi connectivity index (χ4v) is 4.81. The van der Waals surface area contributed by atoms with Crippen LogP contribution in [0.1, 0.15) is 57.7 Å². The normalized spacial score (nSPS) is 19.6. The Bertz CT molecular complexity index is 1000. The standard InChI is InChI=1S/C27H36F2N2O2S/c1-17(32)31-23(13-19-10-20(28)14-21(29)11-19)25(34)16-30-27(5)8-9-33-24-7-6-18(12-22(24)27)15-26(2,3)4/h6-7,10-12,14,23,25,30,34H,8-9,13,15-16H2,1-5H3,(H,31,32)/t23-,25+,27?/m0/s1. The highest BCUT2D eigenvalue weighted by molar-refractivity contribution is 7.81. The summed E-state index contributed by atoms with van der Waals surface area (Å²) in [7, 11) is 0. The van der Waals surface area contributed by atoms with Crippen LogP contribution in [0.15, 0.2) is 36.4 Å². The summed E-state index contributed by atoms with van der Waals surface area (Å²) < 4.78 is 33.3. The van der Waals surface area contributed by atoms with Gasteiger partial charge in [0.1, 0.15) is 17.4 Å². The molecule has 186 valence electrons. The minimum absolute atomic E-state index is 0.172. The van der Waals surface area contributed by atoms with Crippen LogP contribution in [0.5, 0.6) is 5.75 Å². The first-order chi connectivity index (χ1) is 15.8. The Morgan fingerprint density at radius 3 is 2.44 bits per heavy atom. The maximum Gasteiger partial charge on any atom is 0.217 e. The van der Waals surface area contributed by atoms with Crippen molar-refractivity contribution in [2.45, 2.75) is 70.7 Å². The molecule has 0 spiro atoms. The van der Waals surface area contributed by atoms with Gasteiger partial charge >= 0.3 is 0 Å². The first-order valence-electron chi connectivity index (χ1n) is 11.8. The summed E-state index contributed by atoms with van der Waals surface area (Å²) in [6.07, 6.45) is 2.02. The lowest BCUT2D eigenvalue weighted by Crippen LogP contribution is -2.51. The number of hydrogen-bond acceptors (Lipinski definition) is 4. The second kappa shape index (κ2) is 10.6. The number of carbonyl (C=O) groups is 1. The van der Waals surface area contributed by atoms with E-state index in [0.29, 0.717) is 18.7 Å². The number of ether oxygens (including phenoxy) is 1. The first kappa shape index (κ1) is 26.5. The molecule has 0 saturated carbocycles. The van der Waals surface area contributed by atoms with Crippen molar-refractivity contribution in [2.24, 2.45) is 5.41 Å². The molecule has 0 aromatic heterocycles. The maximum atomic E-state index is 13.7. The lowest BCUT2D eigenvalue weighted by Gasteiger charge is -2.39. The Kier molecular flexibility index (Phi) is 8.30. The molecule has 2 aromatic rings. The number of amides is 1. The zero-order chi connectivity index (χ0) is 25.1. The zero-order valence-corrected chi connectivity index (χ0v) is 21.6. The van der Waals surface area contributed by atoms with E-state index in [4.69, 9.17) is 17.4 Å². The third-order valence-corrected chi connectivity index (χ3v) is 6.71. The highest BCUT2D eigenvalue weighted by Crippen LogP contribution is 2.38. The van der Waals surface area contributed by atoms with E-state index in [1.165, 1.54) is 24.6 Å². The number of carbonyl (C=O) groups excluding carboxylic acids is 1. The van der Waals surface area contributed by atoms with Crippen LogP contribution in [-0.2, 0) is 23.2 Å². The van der Waals surface area contributed by atoms with Crippen molar-refractivity contribution < 1.29 is 18.3 Å². The second-order valence-corrected chi connectivity index (χ2v) is 11.4. The summed E-state index contributed by atoms with van der Waals surface area (Å²) in [5, 5.41) is 6.27. The molecule has 3 rings (SSSR count). The summed E-state index contributed by atoms with van der Waals surface area (Å²) in [5.41, 5.74) is 2.70. The van der Waals surface area contributed by atoms with Crippen molar-refractivity contribution in [3.05, 3.63) is 64.7 Å². The lowest BCUT2D eigenvalue weighted by atomic mass is 9.82. The van der Waals surface area contributed by atoms with Gasteiger partial charge in [-0.2, -0.15) is 12.6 Å². The molecule has 0 radical (unpaired) electrons. The van der Waals surface area contributed by atoms with Crippen molar-refractivity contribution >= 4 is 18.5 Å². The Hall–Kier alpha value is -2.12. The quantitative estimate of drug-likeness (QED) is 0.447. The van der Waals surface area contributed by atoms with E-state index in [-0.39, 0.29) is 28.5 Å². The molecule has 1 aliphatic heterocycles.